The fourth-order valence-electron chi connectivity index (χ4n) is 2.09. The van der Waals surface area contributed by atoms with E-state index in [-0.39, 0.29) is 10.7 Å². The average Bonchev–Trinajstić information content (AvgIpc) is 2.84. The van der Waals surface area contributed by atoms with Crippen molar-refractivity contribution in [2.24, 2.45) is 0 Å². The molecule has 0 N–H and O–H groups in total. The average molecular weight is 304 g/mol. The van der Waals surface area contributed by atoms with E-state index in [9.17, 15) is 4.79 Å². The summed E-state index contributed by atoms with van der Waals surface area (Å²) in [6, 6.07) is 7.62. The molecule has 2 aromatic heterocycles. The van der Waals surface area contributed by atoms with Crippen molar-refractivity contribution in [1.82, 2.24) is 14.4 Å². The Morgan fingerprint density at radius 1 is 1.33 bits per heavy atom. The Bertz CT molecular complexity index is 813. The number of esters is 1. The van der Waals surface area contributed by atoms with Gasteiger partial charge in [0.1, 0.15) is 0 Å². The van der Waals surface area contributed by atoms with E-state index in [1.54, 1.807) is 10.6 Å². The number of rotatable bonds is 4. The fraction of sp³-hybridized carbons (Fsp3) is 0.267. The molecule has 0 radical (unpaired) electrons. The lowest BCUT2D eigenvalue weighted by Gasteiger charge is -2.05. The number of carbonyl (C=O) groups is 1. The number of fused-ring (bicyclic) bond motifs is 3. The molecule has 5 nitrogen and oxygen atoms in total. The number of para-hydroxylation sites is 2. The fourth-order valence-corrected chi connectivity index (χ4v) is 2.30. The number of unbranched alkanes of at least 4 members (excludes halogenated alkanes) is 1. The molecule has 0 bridgehead atoms. The number of benzene rings is 1. The first-order chi connectivity index (χ1) is 10.2. The molecule has 108 valence electrons. The Morgan fingerprint density at radius 2 is 2.14 bits per heavy atom. The Kier molecular flexibility index (Phi) is 3.75. The lowest BCUT2D eigenvalue weighted by molar-refractivity contribution is 0.0493. The van der Waals surface area contributed by atoms with Crippen LogP contribution in [0.25, 0.3) is 16.8 Å². The van der Waals surface area contributed by atoms with E-state index >= 15 is 0 Å². The van der Waals surface area contributed by atoms with Crippen LogP contribution < -0.4 is 0 Å². The summed E-state index contributed by atoms with van der Waals surface area (Å²) in [5.74, 6) is -0.0777. The van der Waals surface area contributed by atoms with E-state index in [0.29, 0.717) is 12.4 Å². The van der Waals surface area contributed by atoms with Gasteiger partial charge < -0.3 is 4.74 Å². The van der Waals surface area contributed by atoms with Crippen LogP contribution in [0, 0.1) is 0 Å². The number of nitrogens with zero attached hydrogens (tertiary/aromatic N) is 3. The van der Waals surface area contributed by atoms with Crippen molar-refractivity contribution in [3.63, 3.8) is 0 Å². The topological polar surface area (TPSA) is 56.5 Å². The van der Waals surface area contributed by atoms with Crippen molar-refractivity contribution < 1.29 is 9.53 Å². The summed E-state index contributed by atoms with van der Waals surface area (Å²) in [6.45, 7) is 2.40. The molecule has 0 unspecified atom stereocenters. The smallest absolute Gasteiger partial charge is 0.358 e. The van der Waals surface area contributed by atoms with Crippen molar-refractivity contribution in [2.75, 3.05) is 6.61 Å². The van der Waals surface area contributed by atoms with Gasteiger partial charge in [0.2, 0.25) is 5.78 Å². The second-order valence-electron chi connectivity index (χ2n) is 4.70. The standard InChI is InChI=1S/C15H14ClN3O2/c1-2-3-8-21-14(20)13-10(16)9-19-12-7-5-4-6-11(12)17-15(19)18-13/h4-7,9H,2-3,8H2,1H3. The Morgan fingerprint density at radius 3 is 2.95 bits per heavy atom. The number of imidazole rings is 1. The van der Waals surface area contributed by atoms with Crippen LogP contribution in [-0.2, 0) is 4.74 Å². The highest BCUT2D eigenvalue weighted by atomic mass is 35.5. The molecule has 0 aliphatic carbocycles. The summed E-state index contributed by atoms with van der Waals surface area (Å²) in [5.41, 5.74) is 1.81. The van der Waals surface area contributed by atoms with Gasteiger partial charge in [-0.2, -0.15) is 0 Å². The number of hydrogen-bond acceptors (Lipinski definition) is 4. The van der Waals surface area contributed by atoms with E-state index < -0.39 is 5.97 Å². The van der Waals surface area contributed by atoms with E-state index in [4.69, 9.17) is 16.3 Å². The van der Waals surface area contributed by atoms with Gasteiger partial charge in [-0.1, -0.05) is 37.1 Å². The molecular weight excluding hydrogens is 290 g/mol. The van der Waals surface area contributed by atoms with Crippen LogP contribution in [0.5, 0.6) is 0 Å². The highest BCUT2D eigenvalue weighted by Gasteiger charge is 2.17. The minimum atomic E-state index is -0.511. The van der Waals surface area contributed by atoms with Gasteiger partial charge in [0.05, 0.1) is 22.7 Å². The highest BCUT2D eigenvalue weighted by molar-refractivity contribution is 6.33. The molecule has 0 spiro atoms. The molecule has 0 atom stereocenters. The number of halogens is 1. The van der Waals surface area contributed by atoms with Gasteiger partial charge >= 0.3 is 5.97 Å². The SMILES string of the molecule is CCCCOC(=O)c1nc2nc3ccccc3n2cc1Cl. The molecule has 3 rings (SSSR count). The van der Waals surface area contributed by atoms with E-state index in [1.165, 1.54) is 0 Å². The largest absolute Gasteiger partial charge is 0.461 e. The second-order valence-corrected chi connectivity index (χ2v) is 5.10. The minimum Gasteiger partial charge on any atom is -0.461 e. The van der Waals surface area contributed by atoms with Crippen LogP contribution >= 0.6 is 11.6 Å². The molecule has 21 heavy (non-hydrogen) atoms. The van der Waals surface area contributed by atoms with Crippen LogP contribution in [0.4, 0.5) is 0 Å². The zero-order valence-electron chi connectivity index (χ0n) is 11.5. The summed E-state index contributed by atoms with van der Waals surface area (Å²) in [7, 11) is 0. The molecule has 6 heteroatoms. The van der Waals surface area contributed by atoms with E-state index in [1.807, 2.05) is 31.2 Å². The number of carbonyl (C=O) groups excluding carboxylic acids is 1. The maximum atomic E-state index is 12.0. The first-order valence-electron chi connectivity index (χ1n) is 6.81. The predicted molar refractivity (Wildman–Crippen MR) is 80.7 cm³/mol. The third-order valence-electron chi connectivity index (χ3n) is 3.18. The van der Waals surface area contributed by atoms with Crippen LogP contribution in [0.3, 0.4) is 0 Å². The molecule has 3 aromatic rings. The van der Waals surface area contributed by atoms with Gasteiger partial charge in [-0.05, 0) is 18.6 Å². The summed E-state index contributed by atoms with van der Waals surface area (Å²) >= 11 is 6.16. The highest BCUT2D eigenvalue weighted by Crippen LogP contribution is 2.20. The number of hydrogen-bond donors (Lipinski definition) is 0. The van der Waals surface area contributed by atoms with Crippen molar-refractivity contribution in [3.05, 3.63) is 41.2 Å². The predicted octanol–water partition coefficient (Wildman–Crippen LogP) is 3.49. The second kappa shape index (κ2) is 5.69. The third-order valence-corrected chi connectivity index (χ3v) is 3.46. The lowest BCUT2D eigenvalue weighted by Crippen LogP contribution is -2.10. The lowest BCUT2D eigenvalue weighted by atomic mass is 10.3. The van der Waals surface area contributed by atoms with Crippen LogP contribution in [0.2, 0.25) is 5.02 Å². The zero-order chi connectivity index (χ0) is 14.8. The van der Waals surface area contributed by atoms with Gasteiger partial charge in [0.15, 0.2) is 5.69 Å². The minimum absolute atomic E-state index is 0.107. The molecule has 1 aromatic carbocycles. The van der Waals surface area contributed by atoms with Crippen LogP contribution in [0.1, 0.15) is 30.3 Å². The Balaban J connectivity index is 2.02. The normalized spacial score (nSPS) is 11.1. The zero-order valence-corrected chi connectivity index (χ0v) is 12.3. The summed E-state index contributed by atoms with van der Waals surface area (Å²) < 4.78 is 6.91. The van der Waals surface area contributed by atoms with Gasteiger partial charge in [-0.25, -0.2) is 14.8 Å². The third kappa shape index (κ3) is 2.56. The molecule has 2 heterocycles. The Hall–Kier alpha value is -2.14. The van der Waals surface area contributed by atoms with Crippen LogP contribution in [0.15, 0.2) is 30.5 Å². The van der Waals surface area contributed by atoms with Crippen molar-refractivity contribution >= 4 is 34.4 Å². The quantitative estimate of drug-likeness (QED) is 0.547. The summed E-state index contributed by atoms with van der Waals surface area (Å²) in [6.07, 6.45) is 3.42. The van der Waals surface area contributed by atoms with E-state index in [2.05, 4.69) is 9.97 Å². The molecule has 0 aliphatic heterocycles. The summed E-state index contributed by atoms with van der Waals surface area (Å²) in [5, 5.41) is 0.257. The van der Waals surface area contributed by atoms with Crippen molar-refractivity contribution in [1.29, 1.82) is 0 Å². The number of ether oxygens (including phenoxy) is 1. The first-order valence-corrected chi connectivity index (χ1v) is 7.19. The summed E-state index contributed by atoms with van der Waals surface area (Å²) in [4.78, 5) is 20.6. The Labute approximate surface area is 126 Å². The van der Waals surface area contributed by atoms with Crippen LogP contribution in [-0.4, -0.2) is 26.9 Å². The van der Waals surface area contributed by atoms with E-state index in [0.717, 1.165) is 23.9 Å². The molecule has 0 saturated carbocycles. The molecular formula is C15H14ClN3O2. The molecule has 0 fully saturated rings. The maximum Gasteiger partial charge on any atom is 0.358 e. The van der Waals surface area contributed by atoms with Gasteiger partial charge in [-0.15, -0.1) is 0 Å². The van der Waals surface area contributed by atoms with Crippen molar-refractivity contribution in [2.45, 2.75) is 19.8 Å². The van der Waals surface area contributed by atoms with Gasteiger partial charge in [0, 0.05) is 6.20 Å². The maximum absolute atomic E-state index is 12.0. The van der Waals surface area contributed by atoms with Gasteiger partial charge in [0.25, 0.3) is 0 Å². The van der Waals surface area contributed by atoms with Crippen molar-refractivity contribution in [3.8, 4) is 0 Å². The molecule has 0 aliphatic rings. The monoisotopic (exact) mass is 303 g/mol. The molecule has 0 saturated heterocycles. The first kappa shape index (κ1) is 13.8. The molecule has 0 amide bonds. The van der Waals surface area contributed by atoms with Gasteiger partial charge in [-0.3, -0.25) is 4.40 Å². The number of aromatic nitrogens is 3.